The lowest BCUT2D eigenvalue weighted by Crippen LogP contribution is -2.36. The van der Waals surface area contributed by atoms with E-state index in [2.05, 4.69) is 42.7 Å². The van der Waals surface area contributed by atoms with Crippen molar-refractivity contribution in [2.45, 2.75) is 13.8 Å². The lowest BCUT2D eigenvalue weighted by Gasteiger charge is -2.24. The van der Waals surface area contributed by atoms with Crippen LogP contribution in [0.1, 0.15) is 11.1 Å². The molecule has 0 amide bonds. The Balaban J connectivity index is 1.77. The van der Waals surface area contributed by atoms with Gasteiger partial charge in [0.15, 0.2) is 0 Å². The molecule has 0 N–H and O–H groups in total. The summed E-state index contributed by atoms with van der Waals surface area (Å²) in [5.41, 5.74) is 2.32. The Labute approximate surface area is 115 Å². The van der Waals surface area contributed by atoms with E-state index in [1.165, 1.54) is 0 Å². The average Bonchev–Trinajstić information content (AvgIpc) is 2.42. The number of nitrogens with zero attached hydrogens (tertiary/aromatic N) is 1. The summed E-state index contributed by atoms with van der Waals surface area (Å²) in [6.07, 6.45) is 0. The quantitative estimate of drug-likeness (QED) is 0.775. The summed E-state index contributed by atoms with van der Waals surface area (Å²) in [5.74, 6) is 7.20. The second-order valence-corrected chi connectivity index (χ2v) is 4.75. The first-order valence-electron chi connectivity index (χ1n) is 6.72. The molecule has 2 rings (SSSR count). The molecule has 3 nitrogen and oxygen atoms in total. The van der Waals surface area contributed by atoms with E-state index in [1.54, 1.807) is 0 Å². The molecule has 0 radical (unpaired) electrons. The molecule has 1 aromatic carbocycles. The van der Waals surface area contributed by atoms with Crippen LogP contribution in [0.4, 0.5) is 0 Å². The van der Waals surface area contributed by atoms with E-state index in [4.69, 9.17) is 9.47 Å². The minimum absolute atomic E-state index is 0.454. The highest BCUT2D eigenvalue weighted by Gasteiger charge is 2.07. The van der Waals surface area contributed by atoms with E-state index in [-0.39, 0.29) is 0 Å². The zero-order valence-electron chi connectivity index (χ0n) is 11.7. The second-order valence-electron chi connectivity index (χ2n) is 4.75. The molecule has 0 aliphatic carbocycles. The molecule has 0 spiro atoms. The molecule has 0 unspecified atom stereocenters. The van der Waals surface area contributed by atoms with Gasteiger partial charge in [-0.3, -0.25) is 4.90 Å². The van der Waals surface area contributed by atoms with E-state index in [9.17, 15) is 0 Å². The minimum Gasteiger partial charge on any atom is -0.480 e. The molecular weight excluding hydrogens is 238 g/mol. The van der Waals surface area contributed by atoms with Crippen molar-refractivity contribution in [2.24, 2.45) is 0 Å². The summed E-state index contributed by atoms with van der Waals surface area (Å²) in [4.78, 5) is 2.30. The van der Waals surface area contributed by atoms with Crippen molar-refractivity contribution in [3.8, 4) is 17.6 Å². The first-order valence-corrected chi connectivity index (χ1v) is 6.72. The Hall–Kier alpha value is -1.50. The third kappa shape index (κ3) is 4.27. The van der Waals surface area contributed by atoms with Gasteiger partial charge >= 0.3 is 0 Å². The number of aryl methyl sites for hydroxylation is 2. The molecule has 102 valence electrons. The number of hydrogen-bond donors (Lipinski definition) is 0. The van der Waals surface area contributed by atoms with Crippen molar-refractivity contribution >= 4 is 0 Å². The highest BCUT2D eigenvalue weighted by atomic mass is 16.5. The van der Waals surface area contributed by atoms with Gasteiger partial charge in [-0.25, -0.2) is 0 Å². The van der Waals surface area contributed by atoms with Crippen LogP contribution in [0.3, 0.4) is 0 Å². The van der Waals surface area contributed by atoms with Crippen LogP contribution >= 0.6 is 0 Å². The monoisotopic (exact) mass is 259 g/mol. The van der Waals surface area contributed by atoms with Crippen molar-refractivity contribution in [3.05, 3.63) is 29.3 Å². The number of ether oxygens (including phenoxy) is 2. The van der Waals surface area contributed by atoms with Crippen molar-refractivity contribution < 1.29 is 9.47 Å². The van der Waals surface area contributed by atoms with Gasteiger partial charge in [0, 0.05) is 13.1 Å². The molecule has 19 heavy (non-hydrogen) atoms. The summed E-state index contributed by atoms with van der Waals surface area (Å²) in [7, 11) is 0. The number of rotatable bonds is 3. The van der Waals surface area contributed by atoms with E-state index >= 15 is 0 Å². The zero-order chi connectivity index (χ0) is 13.5. The Bertz CT molecular complexity index is 447. The number of hydrogen-bond acceptors (Lipinski definition) is 3. The van der Waals surface area contributed by atoms with Crippen LogP contribution in [0.2, 0.25) is 0 Å². The van der Waals surface area contributed by atoms with Gasteiger partial charge in [-0.2, -0.15) is 0 Å². The summed E-state index contributed by atoms with van der Waals surface area (Å²) >= 11 is 0. The first kappa shape index (κ1) is 13.9. The van der Waals surface area contributed by atoms with Gasteiger partial charge in [0.25, 0.3) is 0 Å². The van der Waals surface area contributed by atoms with Gasteiger partial charge in [-0.15, -0.1) is 0 Å². The average molecular weight is 259 g/mol. The van der Waals surface area contributed by atoms with Crippen molar-refractivity contribution in [2.75, 3.05) is 39.5 Å². The summed E-state index contributed by atoms with van der Waals surface area (Å²) in [6.45, 7) is 8.97. The fourth-order valence-corrected chi connectivity index (χ4v) is 2.11. The van der Waals surface area contributed by atoms with Crippen molar-refractivity contribution in [1.29, 1.82) is 0 Å². The van der Waals surface area contributed by atoms with E-state index in [0.29, 0.717) is 6.61 Å². The minimum atomic E-state index is 0.454. The third-order valence-electron chi connectivity index (χ3n) is 3.23. The topological polar surface area (TPSA) is 21.7 Å². The van der Waals surface area contributed by atoms with Crippen LogP contribution < -0.4 is 4.74 Å². The third-order valence-corrected chi connectivity index (χ3v) is 3.23. The molecule has 0 atom stereocenters. The maximum absolute atomic E-state index is 5.74. The molecule has 1 aliphatic heterocycles. The fraction of sp³-hybridized carbons (Fsp3) is 0.500. The van der Waals surface area contributed by atoms with Crippen LogP contribution in [0.5, 0.6) is 5.75 Å². The zero-order valence-corrected chi connectivity index (χ0v) is 11.7. The van der Waals surface area contributed by atoms with Gasteiger partial charge in [-0.05, 0) is 25.0 Å². The molecule has 1 aliphatic rings. The van der Waals surface area contributed by atoms with E-state index in [1.807, 2.05) is 6.07 Å². The summed E-state index contributed by atoms with van der Waals surface area (Å²) < 4.78 is 11.0. The largest absolute Gasteiger partial charge is 0.480 e. The Morgan fingerprint density at radius 2 is 1.84 bits per heavy atom. The lowest BCUT2D eigenvalue weighted by atomic mass is 10.1. The summed E-state index contributed by atoms with van der Waals surface area (Å²) in [5, 5.41) is 0. The van der Waals surface area contributed by atoms with Gasteiger partial charge in [0.1, 0.15) is 12.4 Å². The number of benzene rings is 1. The molecule has 0 aromatic heterocycles. The van der Waals surface area contributed by atoms with E-state index < -0.39 is 0 Å². The van der Waals surface area contributed by atoms with Crippen LogP contribution in [0.25, 0.3) is 0 Å². The Kier molecular flexibility index (Phi) is 5.26. The number of para-hydroxylation sites is 1. The van der Waals surface area contributed by atoms with Gasteiger partial charge < -0.3 is 9.47 Å². The first-order chi connectivity index (χ1) is 9.27. The molecule has 0 saturated carbocycles. The standard InChI is InChI=1S/C16H21NO2/c1-14-6-5-7-15(2)16(14)19-11-4-3-8-17-9-12-18-13-10-17/h5-7H,8-13H2,1-2H3. The van der Waals surface area contributed by atoms with Crippen molar-refractivity contribution in [1.82, 2.24) is 4.90 Å². The SMILES string of the molecule is Cc1cccc(C)c1OCC#CCN1CCOCC1. The smallest absolute Gasteiger partial charge is 0.149 e. The summed E-state index contributed by atoms with van der Waals surface area (Å²) in [6, 6.07) is 6.16. The molecule has 1 aromatic rings. The molecule has 1 saturated heterocycles. The lowest BCUT2D eigenvalue weighted by molar-refractivity contribution is 0.0443. The Morgan fingerprint density at radius 3 is 2.53 bits per heavy atom. The second kappa shape index (κ2) is 7.18. The highest BCUT2D eigenvalue weighted by molar-refractivity contribution is 5.39. The van der Waals surface area contributed by atoms with Crippen LogP contribution in [0, 0.1) is 25.7 Å². The normalized spacial score (nSPS) is 15.7. The maximum atomic E-state index is 5.74. The molecule has 0 bridgehead atoms. The van der Waals surface area contributed by atoms with Gasteiger partial charge in [0.2, 0.25) is 0 Å². The number of morpholine rings is 1. The Morgan fingerprint density at radius 1 is 1.16 bits per heavy atom. The van der Waals surface area contributed by atoms with E-state index in [0.717, 1.165) is 49.7 Å². The highest BCUT2D eigenvalue weighted by Crippen LogP contribution is 2.21. The molecule has 3 heteroatoms. The van der Waals surface area contributed by atoms with Gasteiger partial charge in [-0.1, -0.05) is 30.0 Å². The van der Waals surface area contributed by atoms with Crippen LogP contribution in [-0.2, 0) is 4.74 Å². The predicted octanol–water partition coefficient (Wildman–Crippen LogP) is 2.02. The van der Waals surface area contributed by atoms with Gasteiger partial charge in [0.05, 0.1) is 19.8 Å². The molecular formula is C16H21NO2. The predicted molar refractivity (Wildman–Crippen MR) is 76.4 cm³/mol. The van der Waals surface area contributed by atoms with Crippen LogP contribution in [0.15, 0.2) is 18.2 Å². The molecule has 1 heterocycles. The molecule has 1 fully saturated rings. The van der Waals surface area contributed by atoms with Crippen molar-refractivity contribution in [3.63, 3.8) is 0 Å². The fourth-order valence-electron chi connectivity index (χ4n) is 2.11. The van der Waals surface area contributed by atoms with Crippen LogP contribution in [-0.4, -0.2) is 44.4 Å². The maximum Gasteiger partial charge on any atom is 0.149 e.